The van der Waals surface area contributed by atoms with E-state index in [0.717, 1.165) is 53.7 Å². The van der Waals surface area contributed by atoms with Crippen LogP contribution in [0, 0.1) is 13.8 Å². The van der Waals surface area contributed by atoms with Crippen molar-refractivity contribution in [1.29, 1.82) is 0 Å². The molecule has 0 bridgehead atoms. The lowest BCUT2D eigenvalue weighted by Crippen LogP contribution is -2.23. The Morgan fingerprint density at radius 3 is 2.53 bits per heavy atom. The first kappa shape index (κ1) is 20.8. The molecule has 1 aliphatic rings. The molecule has 4 rings (SSSR count). The first-order chi connectivity index (χ1) is 14.4. The summed E-state index contributed by atoms with van der Waals surface area (Å²) in [5.74, 6) is 0.964. The summed E-state index contributed by atoms with van der Waals surface area (Å²) < 4.78 is 7.26. The van der Waals surface area contributed by atoms with Crippen molar-refractivity contribution < 1.29 is 9.84 Å². The van der Waals surface area contributed by atoms with Crippen LogP contribution in [0.5, 0.6) is 0 Å². The van der Waals surface area contributed by atoms with Crippen LogP contribution in [0.15, 0.2) is 24.4 Å². The van der Waals surface area contributed by atoms with E-state index in [-0.39, 0.29) is 12.1 Å². The zero-order valence-electron chi connectivity index (χ0n) is 18.2. The van der Waals surface area contributed by atoms with Crippen LogP contribution < -0.4 is 5.32 Å². The minimum Gasteiger partial charge on any atom is -0.393 e. The van der Waals surface area contributed by atoms with Crippen LogP contribution in [0.25, 0.3) is 16.6 Å². The maximum atomic E-state index is 9.96. The standard InChI is InChI=1S/C23H31N5O2/c1-14-9-18(10-15(2)25-14)20-11-21(17-5-7-19(29)8-6-17)28-22(20)12-24-23(27-28)26-16(3)13-30-4/h9-12,16-17,19,29H,5-8,13H2,1-4H3,(H,26,27)/t16-,17?,19?/m0/s1. The molecule has 0 saturated heterocycles. The molecule has 0 radical (unpaired) electrons. The van der Waals surface area contributed by atoms with Gasteiger partial charge in [0.25, 0.3) is 0 Å². The van der Waals surface area contributed by atoms with Crippen LogP contribution >= 0.6 is 0 Å². The molecule has 30 heavy (non-hydrogen) atoms. The quantitative estimate of drug-likeness (QED) is 0.643. The second kappa shape index (κ2) is 8.70. The van der Waals surface area contributed by atoms with Crippen molar-refractivity contribution in [3.8, 4) is 11.1 Å². The average Bonchev–Trinajstić information content (AvgIpc) is 3.07. The Morgan fingerprint density at radius 2 is 1.87 bits per heavy atom. The Bertz CT molecular complexity index is 1000. The van der Waals surface area contributed by atoms with Gasteiger partial charge < -0.3 is 15.2 Å². The van der Waals surface area contributed by atoms with Crippen molar-refractivity contribution >= 4 is 11.5 Å². The number of fused-ring (bicyclic) bond motifs is 1. The van der Waals surface area contributed by atoms with E-state index in [0.29, 0.717) is 18.5 Å². The molecule has 0 amide bonds. The number of pyridine rings is 1. The Hall–Kier alpha value is -2.51. The fraction of sp³-hybridized carbons (Fsp3) is 0.522. The fourth-order valence-electron chi connectivity index (χ4n) is 4.48. The number of ether oxygens (including phenoxy) is 1. The number of aliphatic hydroxyl groups excluding tert-OH is 1. The number of aryl methyl sites for hydroxylation is 2. The predicted molar refractivity (Wildman–Crippen MR) is 118 cm³/mol. The maximum Gasteiger partial charge on any atom is 0.241 e. The van der Waals surface area contributed by atoms with Crippen LogP contribution in [0.1, 0.15) is 55.6 Å². The molecule has 2 N–H and O–H groups in total. The molecule has 0 aliphatic heterocycles. The molecular weight excluding hydrogens is 378 g/mol. The Kier molecular flexibility index (Phi) is 6.01. The van der Waals surface area contributed by atoms with Gasteiger partial charge in [-0.3, -0.25) is 4.98 Å². The van der Waals surface area contributed by atoms with Gasteiger partial charge in [0, 0.05) is 41.7 Å². The van der Waals surface area contributed by atoms with E-state index in [4.69, 9.17) is 9.84 Å². The first-order valence-electron chi connectivity index (χ1n) is 10.7. The number of nitrogens with zero attached hydrogens (tertiary/aromatic N) is 4. The number of nitrogens with one attached hydrogen (secondary N) is 1. The molecule has 0 spiro atoms. The Labute approximate surface area is 177 Å². The second-order valence-electron chi connectivity index (χ2n) is 8.51. The summed E-state index contributed by atoms with van der Waals surface area (Å²) in [7, 11) is 1.69. The van der Waals surface area contributed by atoms with Crippen LogP contribution in [-0.2, 0) is 4.74 Å². The lowest BCUT2D eigenvalue weighted by Gasteiger charge is -2.25. The summed E-state index contributed by atoms with van der Waals surface area (Å²) in [5, 5.41) is 18.1. The van der Waals surface area contributed by atoms with Gasteiger partial charge in [0.05, 0.1) is 24.4 Å². The zero-order chi connectivity index (χ0) is 21.3. The van der Waals surface area contributed by atoms with Gasteiger partial charge >= 0.3 is 0 Å². The molecule has 3 aromatic heterocycles. The summed E-state index contributed by atoms with van der Waals surface area (Å²) in [6, 6.07) is 6.59. The molecule has 1 atom stereocenters. The van der Waals surface area contributed by atoms with Gasteiger partial charge in [0.2, 0.25) is 5.95 Å². The van der Waals surface area contributed by atoms with Crippen LogP contribution in [-0.4, -0.2) is 50.6 Å². The zero-order valence-corrected chi connectivity index (χ0v) is 18.2. The van der Waals surface area contributed by atoms with Crippen molar-refractivity contribution in [2.75, 3.05) is 19.0 Å². The highest BCUT2D eigenvalue weighted by Gasteiger charge is 2.25. The first-order valence-corrected chi connectivity index (χ1v) is 10.7. The smallest absolute Gasteiger partial charge is 0.241 e. The number of hydrogen-bond donors (Lipinski definition) is 2. The van der Waals surface area contributed by atoms with Gasteiger partial charge in [0.15, 0.2) is 0 Å². The summed E-state index contributed by atoms with van der Waals surface area (Å²) in [6.07, 6.45) is 5.32. The summed E-state index contributed by atoms with van der Waals surface area (Å²) in [4.78, 5) is 9.10. The van der Waals surface area contributed by atoms with Gasteiger partial charge in [-0.1, -0.05) is 0 Å². The molecule has 3 heterocycles. The predicted octanol–water partition coefficient (Wildman–Crippen LogP) is 3.87. The minimum atomic E-state index is -0.181. The second-order valence-corrected chi connectivity index (χ2v) is 8.51. The Morgan fingerprint density at radius 1 is 1.17 bits per heavy atom. The van der Waals surface area contributed by atoms with Crippen molar-refractivity contribution in [1.82, 2.24) is 19.6 Å². The minimum absolute atomic E-state index is 0.112. The number of rotatable bonds is 6. The Balaban J connectivity index is 1.80. The monoisotopic (exact) mass is 409 g/mol. The van der Waals surface area contributed by atoms with E-state index in [1.807, 2.05) is 31.5 Å². The summed E-state index contributed by atoms with van der Waals surface area (Å²) >= 11 is 0. The topological polar surface area (TPSA) is 84.6 Å². The highest BCUT2D eigenvalue weighted by molar-refractivity contribution is 5.82. The largest absolute Gasteiger partial charge is 0.393 e. The van der Waals surface area contributed by atoms with Gasteiger partial charge in [-0.05, 0) is 70.2 Å². The third kappa shape index (κ3) is 4.32. The molecule has 0 aromatic carbocycles. The normalized spacial score (nSPS) is 20.4. The maximum absolute atomic E-state index is 9.96. The van der Waals surface area contributed by atoms with Crippen molar-refractivity contribution in [3.05, 3.63) is 41.5 Å². The van der Waals surface area contributed by atoms with Crippen molar-refractivity contribution in [2.24, 2.45) is 0 Å². The van der Waals surface area contributed by atoms with Gasteiger partial charge in [-0.2, -0.15) is 0 Å². The third-order valence-electron chi connectivity index (χ3n) is 5.84. The lowest BCUT2D eigenvalue weighted by molar-refractivity contribution is 0.121. The number of hydrogen-bond acceptors (Lipinski definition) is 6. The highest BCUT2D eigenvalue weighted by Crippen LogP contribution is 2.37. The summed E-state index contributed by atoms with van der Waals surface area (Å²) in [6.45, 7) is 6.67. The number of methoxy groups -OCH3 is 1. The van der Waals surface area contributed by atoms with Crippen molar-refractivity contribution in [2.45, 2.75) is 64.5 Å². The molecular formula is C23H31N5O2. The van der Waals surface area contributed by atoms with E-state index in [1.165, 1.54) is 5.69 Å². The average molecular weight is 410 g/mol. The van der Waals surface area contributed by atoms with Crippen LogP contribution in [0.2, 0.25) is 0 Å². The molecule has 1 saturated carbocycles. The summed E-state index contributed by atoms with van der Waals surface area (Å²) in [5.41, 5.74) is 6.44. The van der Waals surface area contributed by atoms with E-state index in [1.54, 1.807) is 7.11 Å². The van der Waals surface area contributed by atoms with E-state index in [9.17, 15) is 5.11 Å². The number of aromatic nitrogens is 4. The van der Waals surface area contributed by atoms with Crippen LogP contribution in [0.4, 0.5) is 5.95 Å². The fourth-order valence-corrected chi connectivity index (χ4v) is 4.48. The number of anilines is 1. The van der Waals surface area contributed by atoms with Gasteiger partial charge in [-0.25, -0.2) is 9.50 Å². The van der Waals surface area contributed by atoms with Gasteiger partial charge in [0.1, 0.15) is 0 Å². The molecule has 1 aliphatic carbocycles. The molecule has 3 aromatic rings. The molecule has 7 nitrogen and oxygen atoms in total. The molecule has 160 valence electrons. The third-order valence-corrected chi connectivity index (χ3v) is 5.84. The van der Waals surface area contributed by atoms with Gasteiger partial charge in [-0.15, -0.1) is 5.10 Å². The van der Waals surface area contributed by atoms with Crippen LogP contribution in [0.3, 0.4) is 0 Å². The molecule has 1 fully saturated rings. The lowest BCUT2D eigenvalue weighted by atomic mass is 9.85. The van der Waals surface area contributed by atoms with E-state index in [2.05, 4.69) is 33.5 Å². The SMILES string of the molecule is COC[C@H](C)Nc1ncc2c(-c3cc(C)nc(C)c3)cc(C3CCC(O)CC3)n2n1. The molecule has 0 unspecified atom stereocenters. The van der Waals surface area contributed by atoms with E-state index < -0.39 is 0 Å². The molecule has 7 heteroatoms. The number of aliphatic hydroxyl groups is 1. The van der Waals surface area contributed by atoms with E-state index >= 15 is 0 Å². The van der Waals surface area contributed by atoms with Crippen molar-refractivity contribution in [3.63, 3.8) is 0 Å². The highest BCUT2D eigenvalue weighted by atomic mass is 16.5.